The van der Waals surface area contributed by atoms with Gasteiger partial charge in [0.1, 0.15) is 0 Å². The van der Waals surface area contributed by atoms with Crippen molar-refractivity contribution in [1.82, 2.24) is 4.98 Å². The van der Waals surface area contributed by atoms with Crippen molar-refractivity contribution in [2.45, 2.75) is 6.42 Å². The zero-order valence-corrected chi connectivity index (χ0v) is 10.00. The van der Waals surface area contributed by atoms with Gasteiger partial charge in [-0.2, -0.15) is 5.26 Å². The van der Waals surface area contributed by atoms with E-state index in [0.29, 0.717) is 11.3 Å². The zero-order valence-electron chi connectivity index (χ0n) is 9.18. The van der Waals surface area contributed by atoms with Crippen molar-refractivity contribution < 1.29 is 0 Å². The molecule has 17 heavy (non-hydrogen) atoms. The number of nitrogens with two attached hydrogens (primary N) is 1. The molecule has 0 spiro atoms. The van der Waals surface area contributed by atoms with Crippen molar-refractivity contribution in [3.05, 3.63) is 40.3 Å². The van der Waals surface area contributed by atoms with Gasteiger partial charge in [0.15, 0.2) is 0 Å². The fraction of sp³-hybridized carbons (Fsp3) is 0.167. The highest BCUT2D eigenvalue weighted by Gasteiger charge is 2.01. The number of rotatable bonds is 4. The summed E-state index contributed by atoms with van der Waals surface area (Å²) in [5, 5.41) is 14.0. The molecule has 3 N–H and O–H groups in total. The molecule has 0 unspecified atom stereocenters. The molecule has 2 aromatic rings. The molecule has 4 nitrogen and oxygen atoms in total. The lowest BCUT2D eigenvalue weighted by Crippen LogP contribution is -2.07. The maximum Gasteiger partial charge on any atom is 0.0992 e. The van der Waals surface area contributed by atoms with Crippen LogP contribution in [0.1, 0.15) is 11.3 Å². The first kappa shape index (κ1) is 11.4. The molecule has 1 aromatic heterocycles. The predicted octanol–water partition coefficient (Wildman–Crippen LogP) is 2.25. The van der Waals surface area contributed by atoms with Crippen LogP contribution in [0.3, 0.4) is 0 Å². The molecule has 0 aliphatic rings. The van der Waals surface area contributed by atoms with Crippen LogP contribution in [0.25, 0.3) is 0 Å². The third-order valence-electron chi connectivity index (χ3n) is 2.36. The molecule has 86 valence electrons. The van der Waals surface area contributed by atoms with Gasteiger partial charge >= 0.3 is 0 Å². The summed E-state index contributed by atoms with van der Waals surface area (Å²) >= 11 is 1.59. The van der Waals surface area contributed by atoms with E-state index in [1.807, 2.05) is 10.9 Å². The Morgan fingerprint density at radius 2 is 2.35 bits per heavy atom. The molecule has 0 radical (unpaired) electrons. The SMILES string of the molecule is N#Cc1ccc(N)c(NCCc2cscn2)c1. The number of nitriles is 1. The molecule has 0 saturated carbocycles. The molecule has 5 heteroatoms. The van der Waals surface area contributed by atoms with Crippen LogP contribution >= 0.6 is 11.3 Å². The molecule has 0 atom stereocenters. The smallest absolute Gasteiger partial charge is 0.0992 e. The Kier molecular flexibility index (Phi) is 3.58. The van der Waals surface area contributed by atoms with E-state index >= 15 is 0 Å². The van der Waals surface area contributed by atoms with Gasteiger partial charge in [-0.25, -0.2) is 4.98 Å². The van der Waals surface area contributed by atoms with Crippen LogP contribution in [0.15, 0.2) is 29.1 Å². The molecule has 0 aliphatic heterocycles. The second-order valence-electron chi connectivity index (χ2n) is 3.57. The monoisotopic (exact) mass is 244 g/mol. The van der Waals surface area contributed by atoms with Gasteiger partial charge in [-0.3, -0.25) is 0 Å². The van der Waals surface area contributed by atoms with E-state index < -0.39 is 0 Å². The summed E-state index contributed by atoms with van der Waals surface area (Å²) in [7, 11) is 0. The van der Waals surface area contributed by atoms with Gasteiger partial charge in [0.2, 0.25) is 0 Å². The van der Waals surface area contributed by atoms with Crippen molar-refractivity contribution >= 4 is 22.7 Å². The molecular formula is C12H12N4S. The van der Waals surface area contributed by atoms with Crippen LogP contribution < -0.4 is 11.1 Å². The quantitative estimate of drug-likeness (QED) is 0.809. The minimum absolute atomic E-state index is 0.607. The summed E-state index contributed by atoms with van der Waals surface area (Å²) in [6.45, 7) is 0.753. The summed E-state index contributed by atoms with van der Waals surface area (Å²) in [5.74, 6) is 0. The third-order valence-corrected chi connectivity index (χ3v) is 3.00. The Hall–Kier alpha value is -2.06. The normalized spacial score (nSPS) is 9.82. The van der Waals surface area contributed by atoms with Crippen molar-refractivity contribution in [1.29, 1.82) is 5.26 Å². The summed E-state index contributed by atoms with van der Waals surface area (Å²) in [5.41, 5.74) is 10.8. The highest BCUT2D eigenvalue weighted by atomic mass is 32.1. The lowest BCUT2D eigenvalue weighted by molar-refractivity contribution is 0.978. The van der Waals surface area contributed by atoms with Crippen LogP contribution in [-0.4, -0.2) is 11.5 Å². The third kappa shape index (κ3) is 2.95. The summed E-state index contributed by atoms with van der Waals surface area (Å²) < 4.78 is 0. The molecule has 0 saturated heterocycles. The first-order valence-electron chi connectivity index (χ1n) is 5.20. The number of thiazole rings is 1. The Morgan fingerprint density at radius 3 is 3.06 bits per heavy atom. The maximum absolute atomic E-state index is 8.80. The van der Waals surface area contributed by atoms with Gasteiger partial charge in [-0.05, 0) is 18.2 Å². The van der Waals surface area contributed by atoms with Crippen molar-refractivity contribution in [2.75, 3.05) is 17.6 Å². The van der Waals surface area contributed by atoms with E-state index in [1.165, 1.54) is 0 Å². The Labute approximate surface area is 104 Å². The number of hydrogen-bond acceptors (Lipinski definition) is 5. The van der Waals surface area contributed by atoms with Crippen molar-refractivity contribution in [3.8, 4) is 6.07 Å². The van der Waals surface area contributed by atoms with Crippen LogP contribution in [0.4, 0.5) is 11.4 Å². The Balaban J connectivity index is 1.97. The minimum Gasteiger partial charge on any atom is -0.397 e. The van der Waals surface area contributed by atoms with E-state index in [2.05, 4.69) is 16.4 Å². The Morgan fingerprint density at radius 1 is 1.47 bits per heavy atom. The van der Waals surface area contributed by atoms with E-state index in [-0.39, 0.29) is 0 Å². The van der Waals surface area contributed by atoms with Gasteiger partial charge in [-0.1, -0.05) is 0 Å². The fourth-order valence-corrected chi connectivity index (χ4v) is 2.06. The summed E-state index contributed by atoms with van der Waals surface area (Å²) in [4.78, 5) is 4.20. The second-order valence-corrected chi connectivity index (χ2v) is 4.29. The van der Waals surface area contributed by atoms with Gasteiger partial charge in [0, 0.05) is 18.3 Å². The van der Waals surface area contributed by atoms with Crippen LogP contribution in [0, 0.1) is 11.3 Å². The Bertz CT molecular complexity index is 528. The molecule has 0 fully saturated rings. The second kappa shape index (κ2) is 5.32. The van der Waals surface area contributed by atoms with Gasteiger partial charge in [0.25, 0.3) is 0 Å². The minimum atomic E-state index is 0.607. The lowest BCUT2D eigenvalue weighted by atomic mass is 10.2. The number of nitrogens with zero attached hydrogens (tertiary/aromatic N) is 2. The van der Waals surface area contributed by atoms with E-state index in [0.717, 1.165) is 24.3 Å². The van der Waals surface area contributed by atoms with Crippen LogP contribution in [-0.2, 0) is 6.42 Å². The summed E-state index contributed by atoms with van der Waals surface area (Å²) in [6, 6.07) is 7.30. The topological polar surface area (TPSA) is 74.7 Å². The maximum atomic E-state index is 8.80. The van der Waals surface area contributed by atoms with E-state index in [1.54, 1.807) is 29.5 Å². The molecule has 1 heterocycles. The average Bonchev–Trinajstić information content (AvgIpc) is 2.84. The summed E-state index contributed by atoms with van der Waals surface area (Å²) in [6.07, 6.45) is 0.847. The van der Waals surface area contributed by atoms with Crippen LogP contribution in [0.2, 0.25) is 0 Å². The standard InChI is InChI=1S/C12H12N4S/c13-6-9-1-2-11(14)12(5-9)15-4-3-10-7-17-8-16-10/h1-2,5,7-8,15H,3-4,14H2. The highest BCUT2D eigenvalue weighted by Crippen LogP contribution is 2.19. The fourth-order valence-electron chi connectivity index (χ4n) is 1.47. The number of aromatic nitrogens is 1. The number of nitrogen functional groups attached to an aromatic ring is 1. The van der Waals surface area contributed by atoms with Gasteiger partial charge in [-0.15, -0.1) is 11.3 Å². The number of hydrogen-bond donors (Lipinski definition) is 2. The predicted molar refractivity (Wildman–Crippen MR) is 69.9 cm³/mol. The molecule has 0 bridgehead atoms. The molecule has 0 amide bonds. The number of anilines is 2. The average molecular weight is 244 g/mol. The first-order chi connectivity index (χ1) is 8.29. The molecule has 2 rings (SSSR count). The molecule has 1 aromatic carbocycles. The van der Waals surface area contributed by atoms with E-state index in [9.17, 15) is 0 Å². The zero-order chi connectivity index (χ0) is 12.1. The number of benzene rings is 1. The van der Waals surface area contributed by atoms with Crippen molar-refractivity contribution in [2.24, 2.45) is 0 Å². The lowest BCUT2D eigenvalue weighted by Gasteiger charge is -2.08. The van der Waals surface area contributed by atoms with Gasteiger partial charge in [0.05, 0.1) is 34.2 Å². The van der Waals surface area contributed by atoms with Gasteiger partial charge < -0.3 is 11.1 Å². The molecule has 0 aliphatic carbocycles. The van der Waals surface area contributed by atoms with Crippen molar-refractivity contribution in [3.63, 3.8) is 0 Å². The number of nitrogens with one attached hydrogen (secondary N) is 1. The largest absolute Gasteiger partial charge is 0.397 e. The molecular weight excluding hydrogens is 232 g/mol. The first-order valence-corrected chi connectivity index (χ1v) is 6.14. The highest BCUT2D eigenvalue weighted by molar-refractivity contribution is 7.07. The van der Waals surface area contributed by atoms with Crippen LogP contribution in [0.5, 0.6) is 0 Å². The van der Waals surface area contributed by atoms with E-state index in [4.69, 9.17) is 11.0 Å².